The molecule has 0 N–H and O–H groups in total. The molecule has 3 aromatic rings. The standard InChI is InChI=1S/C22H24N2OS/c1-13-9-15(3)19(16(4)10-13)23-7-8-24(21(23)22(25)26)20-17(5)11-14(2)12-18(20)6/h7-12H,1-6H3. The molecule has 1 heterocycles. The Kier molecular flexibility index (Phi) is 4.72. The monoisotopic (exact) mass is 364 g/mol. The predicted molar refractivity (Wildman–Crippen MR) is 107 cm³/mol. The summed E-state index contributed by atoms with van der Waals surface area (Å²) in [6.07, 6.45) is 3.87. The molecule has 0 spiro atoms. The Hall–Kier alpha value is -2.46. The summed E-state index contributed by atoms with van der Waals surface area (Å²) in [5, 5.41) is -0.367. The van der Waals surface area contributed by atoms with E-state index in [0.29, 0.717) is 5.82 Å². The lowest BCUT2D eigenvalue weighted by molar-refractivity contribution is -0.597. The first-order valence-electron chi connectivity index (χ1n) is 8.71. The molecule has 0 radical (unpaired) electrons. The van der Waals surface area contributed by atoms with Gasteiger partial charge in [-0.2, -0.15) is 9.13 Å². The first kappa shape index (κ1) is 18.3. The molecule has 3 nitrogen and oxygen atoms in total. The van der Waals surface area contributed by atoms with Crippen LogP contribution in [0.1, 0.15) is 44.0 Å². The van der Waals surface area contributed by atoms with Crippen molar-refractivity contribution in [3.05, 3.63) is 75.9 Å². The molecule has 0 amide bonds. The van der Waals surface area contributed by atoms with Crippen molar-refractivity contribution >= 4 is 17.7 Å². The number of nitrogens with zero attached hydrogens (tertiary/aromatic N) is 2. The van der Waals surface area contributed by atoms with Gasteiger partial charge in [0.15, 0.2) is 0 Å². The molecule has 4 heteroatoms. The second-order valence-electron chi connectivity index (χ2n) is 7.14. The van der Waals surface area contributed by atoms with Gasteiger partial charge in [-0.1, -0.05) is 35.4 Å². The van der Waals surface area contributed by atoms with Gasteiger partial charge < -0.3 is 17.4 Å². The van der Waals surface area contributed by atoms with Gasteiger partial charge in [-0.3, -0.25) is 0 Å². The van der Waals surface area contributed by atoms with Crippen LogP contribution in [0.3, 0.4) is 0 Å². The lowest BCUT2D eigenvalue weighted by Crippen LogP contribution is -2.38. The summed E-state index contributed by atoms with van der Waals surface area (Å²) in [5.41, 5.74) is 8.95. The van der Waals surface area contributed by atoms with Gasteiger partial charge in [-0.05, 0) is 63.8 Å². The SMILES string of the molecule is Cc1cc(C)c(-n2cc[n+](-c3c(C)cc(C)cc3C)c2C(=O)[S-])c(C)c1. The third-order valence-electron chi connectivity index (χ3n) is 4.76. The molecular formula is C22H24N2OS. The minimum Gasteiger partial charge on any atom is -0.729 e. The summed E-state index contributed by atoms with van der Waals surface area (Å²) in [4.78, 5) is 12.4. The maximum absolute atomic E-state index is 12.4. The fourth-order valence-corrected chi connectivity index (χ4v) is 4.25. The Morgan fingerprint density at radius 3 is 1.77 bits per heavy atom. The van der Waals surface area contributed by atoms with Crippen LogP contribution in [0.2, 0.25) is 0 Å². The van der Waals surface area contributed by atoms with E-state index in [0.717, 1.165) is 33.6 Å². The zero-order chi connectivity index (χ0) is 19.2. The molecule has 0 saturated carbocycles. The average molecular weight is 365 g/mol. The Labute approximate surface area is 160 Å². The van der Waals surface area contributed by atoms with Crippen molar-refractivity contribution in [3.63, 3.8) is 0 Å². The van der Waals surface area contributed by atoms with E-state index in [1.54, 1.807) is 0 Å². The summed E-state index contributed by atoms with van der Waals surface area (Å²) in [5.74, 6) is 0.491. The minimum absolute atomic E-state index is 0.367. The quantitative estimate of drug-likeness (QED) is 0.512. The molecular weight excluding hydrogens is 340 g/mol. The van der Waals surface area contributed by atoms with Crippen LogP contribution in [0.5, 0.6) is 0 Å². The summed E-state index contributed by atoms with van der Waals surface area (Å²) in [7, 11) is 0. The van der Waals surface area contributed by atoms with E-state index < -0.39 is 0 Å². The maximum atomic E-state index is 12.4. The van der Waals surface area contributed by atoms with Gasteiger partial charge >= 0.3 is 5.82 Å². The summed E-state index contributed by atoms with van der Waals surface area (Å²) < 4.78 is 3.86. The smallest absolute Gasteiger partial charge is 0.312 e. The summed E-state index contributed by atoms with van der Waals surface area (Å²) in [6.45, 7) is 12.4. The van der Waals surface area contributed by atoms with Crippen LogP contribution < -0.4 is 4.57 Å². The molecule has 0 fully saturated rings. The Morgan fingerprint density at radius 1 is 0.846 bits per heavy atom. The van der Waals surface area contributed by atoms with Crippen molar-refractivity contribution in [2.45, 2.75) is 41.5 Å². The number of hydrogen-bond acceptors (Lipinski definition) is 2. The number of carbonyl (C=O) groups is 1. The average Bonchev–Trinajstić information content (AvgIpc) is 2.89. The number of hydrogen-bond donors (Lipinski definition) is 0. The molecule has 0 saturated heterocycles. The lowest BCUT2D eigenvalue weighted by atomic mass is 10.0. The fourth-order valence-electron chi connectivity index (χ4n) is 4.05. The topological polar surface area (TPSA) is 25.9 Å². The number of benzene rings is 2. The highest BCUT2D eigenvalue weighted by molar-refractivity contribution is 7.77. The Balaban J connectivity index is 2.33. The highest BCUT2D eigenvalue weighted by Crippen LogP contribution is 2.24. The normalized spacial score (nSPS) is 11.0. The van der Waals surface area contributed by atoms with Gasteiger partial charge in [-0.15, -0.1) is 0 Å². The fraction of sp³-hybridized carbons (Fsp3) is 0.273. The van der Waals surface area contributed by atoms with Crippen molar-refractivity contribution in [3.8, 4) is 11.4 Å². The van der Waals surface area contributed by atoms with Crippen LogP contribution in [0, 0.1) is 41.5 Å². The Bertz CT molecular complexity index is 910. The van der Waals surface area contributed by atoms with Crippen LogP contribution in [0.4, 0.5) is 0 Å². The van der Waals surface area contributed by atoms with E-state index in [2.05, 4.69) is 65.8 Å². The molecule has 0 aliphatic rings. The lowest BCUT2D eigenvalue weighted by Gasteiger charge is -2.13. The van der Waals surface area contributed by atoms with Crippen LogP contribution in [-0.4, -0.2) is 9.68 Å². The molecule has 0 unspecified atom stereocenters. The van der Waals surface area contributed by atoms with Gasteiger partial charge in [0.2, 0.25) is 0 Å². The Morgan fingerprint density at radius 2 is 1.31 bits per heavy atom. The van der Waals surface area contributed by atoms with Crippen LogP contribution in [0.25, 0.3) is 11.4 Å². The summed E-state index contributed by atoms with van der Waals surface area (Å²) >= 11 is 5.12. The third kappa shape index (κ3) is 3.06. The molecule has 0 aliphatic carbocycles. The third-order valence-corrected chi connectivity index (χ3v) is 4.94. The van der Waals surface area contributed by atoms with Crippen molar-refractivity contribution in [1.29, 1.82) is 0 Å². The van der Waals surface area contributed by atoms with Gasteiger partial charge in [0.05, 0.1) is 0 Å². The van der Waals surface area contributed by atoms with E-state index in [1.165, 1.54) is 11.1 Å². The second-order valence-corrected chi connectivity index (χ2v) is 7.51. The molecule has 0 bridgehead atoms. The van der Waals surface area contributed by atoms with E-state index in [-0.39, 0.29) is 5.12 Å². The van der Waals surface area contributed by atoms with E-state index in [4.69, 9.17) is 12.6 Å². The zero-order valence-electron chi connectivity index (χ0n) is 16.2. The molecule has 2 aromatic carbocycles. The number of carbonyl (C=O) groups excluding carboxylic acids is 1. The molecule has 1 aromatic heterocycles. The summed E-state index contributed by atoms with van der Waals surface area (Å²) in [6, 6.07) is 8.53. The molecule has 0 aliphatic heterocycles. The largest absolute Gasteiger partial charge is 0.729 e. The number of rotatable bonds is 3. The van der Waals surface area contributed by atoms with Crippen molar-refractivity contribution in [2.24, 2.45) is 0 Å². The minimum atomic E-state index is -0.367. The molecule has 26 heavy (non-hydrogen) atoms. The van der Waals surface area contributed by atoms with Crippen molar-refractivity contribution < 1.29 is 9.36 Å². The van der Waals surface area contributed by atoms with E-state index >= 15 is 0 Å². The highest BCUT2D eigenvalue weighted by Gasteiger charge is 2.25. The highest BCUT2D eigenvalue weighted by atomic mass is 32.1. The first-order chi connectivity index (χ1) is 12.2. The second kappa shape index (κ2) is 6.69. The van der Waals surface area contributed by atoms with Crippen molar-refractivity contribution in [1.82, 2.24) is 4.57 Å². The van der Waals surface area contributed by atoms with Crippen molar-refractivity contribution in [2.75, 3.05) is 0 Å². The number of aromatic nitrogens is 2. The zero-order valence-corrected chi connectivity index (χ0v) is 17.0. The molecule has 3 rings (SSSR count). The molecule has 134 valence electrons. The van der Waals surface area contributed by atoms with Gasteiger partial charge in [-0.25, -0.2) is 0 Å². The first-order valence-corrected chi connectivity index (χ1v) is 9.12. The maximum Gasteiger partial charge on any atom is 0.312 e. The number of aryl methyl sites for hydroxylation is 6. The molecule has 0 atom stereocenters. The van der Waals surface area contributed by atoms with Crippen LogP contribution in [0.15, 0.2) is 36.7 Å². The van der Waals surface area contributed by atoms with E-state index in [9.17, 15) is 4.79 Å². The van der Waals surface area contributed by atoms with Gasteiger partial charge in [0, 0.05) is 0 Å². The number of imidazole rings is 1. The van der Waals surface area contributed by atoms with Crippen LogP contribution >= 0.6 is 0 Å². The van der Waals surface area contributed by atoms with Crippen LogP contribution in [-0.2, 0) is 12.6 Å². The van der Waals surface area contributed by atoms with E-state index in [1.807, 2.05) is 21.5 Å². The van der Waals surface area contributed by atoms with Gasteiger partial charge in [0.1, 0.15) is 28.9 Å². The van der Waals surface area contributed by atoms with Gasteiger partial charge in [0.25, 0.3) is 0 Å². The predicted octanol–water partition coefficient (Wildman–Crippen LogP) is 4.29.